The lowest BCUT2D eigenvalue weighted by Gasteiger charge is -2.13. The van der Waals surface area contributed by atoms with E-state index in [1.807, 2.05) is 0 Å². The minimum absolute atomic E-state index is 0.264. The predicted octanol–water partition coefficient (Wildman–Crippen LogP) is 3.60. The van der Waals surface area contributed by atoms with Crippen molar-refractivity contribution in [2.24, 2.45) is 0 Å². The number of anilines is 2. The van der Waals surface area contributed by atoms with Gasteiger partial charge in [-0.2, -0.15) is 0 Å². The monoisotopic (exact) mass is 347 g/mol. The smallest absolute Gasteiger partial charge is 0.274 e. The molecule has 0 spiro atoms. The minimum atomic E-state index is -0.375. The first-order valence-corrected chi connectivity index (χ1v) is 7.50. The molecule has 0 saturated carbocycles. The van der Waals surface area contributed by atoms with Crippen LogP contribution < -0.4 is 20.1 Å². The molecule has 0 atom stereocenters. The molecular formula is C17H18ClN3O3. The van der Waals surface area contributed by atoms with E-state index in [4.69, 9.17) is 21.1 Å². The Hall–Kier alpha value is -2.73. The first-order valence-electron chi connectivity index (χ1n) is 7.12. The third-order valence-electron chi connectivity index (χ3n) is 3.17. The van der Waals surface area contributed by atoms with Crippen LogP contribution in [0.4, 0.5) is 11.4 Å². The van der Waals surface area contributed by atoms with Crippen LogP contribution in [-0.4, -0.2) is 31.7 Å². The molecular weight excluding hydrogens is 330 g/mol. The molecule has 7 heteroatoms. The Morgan fingerprint density at radius 3 is 2.71 bits per heavy atom. The van der Waals surface area contributed by atoms with E-state index in [0.29, 0.717) is 28.8 Å². The number of hydrogen-bond acceptors (Lipinski definition) is 5. The summed E-state index contributed by atoms with van der Waals surface area (Å²) in [4.78, 5) is 16.5. The molecule has 1 heterocycles. The number of carbonyl (C=O) groups excluding carboxylic acids is 1. The standard InChI is InChI=1S/C17H18ClN3O3/c1-4-6-19-11-5-7-20-14(8-11)17(22)21-13-10-15(23-2)12(18)9-16(13)24-3/h4-5,7-10H,1,6H2,2-3H3,(H,19,20)(H,21,22). The van der Waals surface area contributed by atoms with Crippen LogP contribution in [0.5, 0.6) is 11.5 Å². The lowest BCUT2D eigenvalue weighted by molar-refractivity contribution is 0.102. The quantitative estimate of drug-likeness (QED) is 0.749. The Kier molecular flexibility index (Phi) is 6.03. The Bertz CT molecular complexity index is 750. The summed E-state index contributed by atoms with van der Waals surface area (Å²) >= 11 is 6.06. The van der Waals surface area contributed by atoms with Gasteiger partial charge in [0.2, 0.25) is 0 Å². The molecule has 0 radical (unpaired) electrons. The van der Waals surface area contributed by atoms with Crippen molar-refractivity contribution in [3.05, 3.63) is 53.8 Å². The topological polar surface area (TPSA) is 72.5 Å². The molecule has 0 unspecified atom stereocenters. The van der Waals surface area contributed by atoms with E-state index in [2.05, 4.69) is 22.2 Å². The number of rotatable bonds is 7. The minimum Gasteiger partial charge on any atom is -0.495 e. The van der Waals surface area contributed by atoms with E-state index < -0.39 is 0 Å². The fourth-order valence-electron chi connectivity index (χ4n) is 2.00. The van der Waals surface area contributed by atoms with Crippen molar-refractivity contribution in [1.29, 1.82) is 0 Å². The number of nitrogens with zero attached hydrogens (tertiary/aromatic N) is 1. The van der Waals surface area contributed by atoms with Gasteiger partial charge in [0, 0.05) is 30.6 Å². The zero-order valence-corrected chi connectivity index (χ0v) is 14.2. The van der Waals surface area contributed by atoms with E-state index in [0.717, 1.165) is 5.69 Å². The summed E-state index contributed by atoms with van der Waals surface area (Å²) < 4.78 is 10.4. The van der Waals surface area contributed by atoms with Crippen molar-refractivity contribution < 1.29 is 14.3 Å². The molecule has 6 nitrogen and oxygen atoms in total. The summed E-state index contributed by atoms with van der Waals surface area (Å²) in [6.45, 7) is 4.23. The molecule has 0 saturated heterocycles. The number of aromatic nitrogens is 1. The van der Waals surface area contributed by atoms with Gasteiger partial charge in [0.15, 0.2) is 0 Å². The Balaban J connectivity index is 2.24. The number of pyridine rings is 1. The fourth-order valence-corrected chi connectivity index (χ4v) is 2.23. The number of benzene rings is 1. The maximum Gasteiger partial charge on any atom is 0.274 e. The van der Waals surface area contributed by atoms with Gasteiger partial charge in [-0.1, -0.05) is 17.7 Å². The summed E-state index contributed by atoms with van der Waals surface area (Å²) in [7, 11) is 2.99. The van der Waals surface area contributed by atoms with E-state index in [1.54, 1.807) is 36.5 Å². The van der Waals surface area contributed by atoms with Crippen LogP contribution in [0.2, 0.25) is 5.02 Å². The molecule has 0 aliphatic heterocycles. The zero-order valence-electron chi connectivity index (χ0n) is 13.4. The summed E-state index contributed by atoms with van der Waals surface area (Å²) in [5.41, 5.74) is 1.48. The molecule has 1 amide bonds. The lowest BCUT2D eigenvalue weighted by Crippen LogP contribution is -2.15. The second kappa shape index (κ2) is 8.21. The number of carbonyl (C=O) groups is 1. The van der Waals surface area contributed by atoms with Crippen molar-refractivity contribution in [2.75, 3.05) is 31.4 Å². The summed E-state index contributed by atoms with van der Waals surface area (Å²) in [5, 5.41) is 6.24. The summed E-state index contributed by atoms with van der Waals surface area (Å²) in [5.74, 6) is 0.483. The fraction of sp³-hybridized carbons (Fsp3) is 0.176. The average Bonchev–Trinajstić information content (AvgIpc) is 2.61. The zero-order chi connectivity index (χ0) is 17.5. The number of ether oxygens (including phenoxy) is 2. The molecule has 0 aliphatic carbocycles. The van der Waals surface area contributed by atoms with Gasteiger partial charge in [-0.15, -0.1) is 6.58 Å². The molecule has 24 heavy (non-hydrogen) atoms. The molecule has 0 fully saturated rings. The third kappa shape index (κ3) is 4.17. The largest absolute Gasteiger partial charge is 0.495 e. The molecule has 2 aromatic rings. The molecule has 1 aromatic heterocycles. The number of methoxy groups -OCH3 is 2. The van der Waals surface area contributed by atoms with E-state index >= 15 is 0 Å². The van der Waals surface area contributed by atoms with Crippen LogP contribution in [0.1, 0.15) is 10.5 Å². The van der Waals surface area contributed by atoms with E-state index in [-0.39, 0.29) is 11.6 Å². The molecule has 2 N–H and O–H groups in total. The maximum atomic E-state index is 12.4. The van der Waals surface area contributed by atoms with Crippen molar-refractivity contribution >= 4 is 28.9 Å². The molecule has 0 bridgehead atoms. The van der Waals surface area contributed by atoms with Crippen molar-refractivity contribution in [2.45, 2.75) is 0 Å². The van der Waals surface area contributed by atoms with Gasteiger partial charge in [0.1, 0.15) is 17.2 Å². The van der Waals surface area contributed by atoms with Gasteiger partial charge in [-0.25, -0.2) is 0 Å². The number of amides is 1. The lowest BCUT2D eigenvalue weighted by atomic mass is 10.2. The highest BCUT2D eigenvalue weighted by Gasteiger charge is 2.14. The summed E-state index contributed by atoms with van der Waals surface area (Å²) in [6.07, 6.45) is 3.28. The highest BCUT2D eigenvalue weighted by Crippen LogP contribution is 2.36. The van der Waals surface area contributed by atoms with Crippen molar-refractivity contribution in [1.82, 2.24) is 4.98 Å². The van der Waals surface area contributed by atoms with Crippen LogP contribution in [-0.2, 0) is 0 Å². The molecule has 2 rings (SSSR count). The van der Waals surface area contributed by atoms with Crippen LogP contribution in [0.3, 0.4) is 0 Å². The van der Waals surface area contributed by atoms with Crippen LogP contribution in [0.15, 0.2) is 43.1 Å². The van der Waals surface area contributed by atoms with E-state index in [9.17, 15) is 4.79 Å². The van der Waals surface area contributed by atoms with Crippen LogP contribution >= 0.6 is 11.6 Å². The Labute approximate surface area is 145 Å². The predicted molar refractivity (Wildman–Crippen MR) is 95.4 cm³/mol. The number of halogens is 1. The second-order valence-corrected chi connectivity index (χ2v) is 5.15. The first-order chi connectivity index (χ1) is 11.6. The number of nitrogens with one attached hydrogen (secondary N) is 2. The second-order valence-electron chi connectivity index (χ2n) is 4.74. The normalized spacial score (nSPS) is 9.96. The van der Waals surface area contributed by atoms with Crippen molar-refractivity contribution in [3.8, 4) is 11.5 Å². The van der Waals surface area contributed by atoms with Gasteiger partial charge in [0.05, 0.1) is 24.9 Å². The van der Waals surface area contributed by atoms with Crippen LogP contribution in [0, 0.1) is 0 Å². The molecule has 0 aliphatic rings. The first kappa shape index (κ1) is 17.6. The molecule has 1 aromatic carbocycles. The maximum absolute atomic E-state index is 12.4. The van der Waals surface area contributed by atoms with Crippen LogP contribution in [0.25, 0.3) is 0 Å². The number of hydrogen-bond donors (Lipinski definition) is 2. The molecule has 126 valence electrons. The van der Waals surface area contributed by atoms with Gasteiger partial charge in [-0.05, 0) is 12.1 Å². The third-order valence-corrected chi connectivity index (χ3v) is 3.46. The van der Waals surface area contributed by atoms with Crippen molar-refractivity contribution in [3.63, 3.8) is 0 Å². The Morgan fingerprint density at radius 2 is 2.04 bits per heavy atom. The highest BCUT2D eigenvalue weighted by atomic mass is 35.5. The van der Waals surface area contributed by atoms with Gasteiger partial charge < -0.3 is 20.1 Å². The highest BCUT2D eigenvalue weighted by molar-refractivity contribution is 6.32. The van der Waals surface area contributed by atoms with Gasteiger partial charge in [0.25, 0.3) is 5.91 Å². The Morgan fingerprint density at radius 1 is 1.29 bits per heavy atom. The van der Waals surface area contributed by atoms with E-state index in [1.165, 1.54) is 14.2 Å². The summed E-state index contributed by atoms with van der Waals surface area (Å²) in [6, 6.07) is 6.59. The van der Waals surface area contributed by atoms with Gasteiger partial charge in [-0.3, -0.25) is 9.78 Å². The SMILES string of the molecule is C=CCNc1ccnc(C(=O)Nc2cc(OC)c(Cl)cc2OC)c1. The van der Waals surface area contributed by atoms with Gasteiger partial charge >= 0.3 is 0 Å². The average molecular weight is 348 g/mol.